The third kappa shape index (κ3) is 3.44. The first-order valence-corrected chi connectivity index (χ1v) is 6.53. The molecule has 0 aromatic heterocycles. The van der Waals surface area contributed by atoms with Crippen LogP contribution in [0.3, 0.4) is 0 Å². The maximum atomic E-state index is 11.4. The van der Waals surface area contributed by atoms with E-state index in [0.29, 0.717) is 19.5 Å². The van der Waals surface area contributed by atoms with Crippen molar-refractivity contribution in [1.82, 2.24) is 9.62 Å². The Bertz CT molecular complexity index is 328. The van der Waals surface area contributed by atoms with E-state index in [0.717, 1.165) is 0 Å². The maximum Gasteiger partial charge on any atom is 0.223 e. The summed E-state index contributed by atoms with van der Waals surface area (Å²) in [5.41, 5.74) is 5.46. The SMILES string of the molecule is CNS(=O)(=O)CCN1CC(CN)CC1=O. The molecule has 0 bridgehead atoms. The summed E-state index contributed by atoms with van der Waals surface area (Å²) < 4.78 is 24.5. The molecule has 1 amide bonds. The average molecular weight is 235 g/mol. The summed E-state index contributed by atoms with van der Waals surface area (Å²) in [7, 11) is -1.86. The van der Waals surface area contributed by atoms with Gasteiger partial charge in [-0.2, -0.15) is 0 Å². The molecule has 1 unspecified atom stereocenters. The predicted octanol–water partition coefficient (Wildman–Crippen LogP) is -1.66. The Morgan fingerprint density at radius 3 is 2.73 bits per heavy atom. The minimum Gasteiger partial charge on any atom is -0.341 e. The van der Waals surface area contributed by atoms with E-state index in [4.69, 9.17) is 5.73 Å². The summed E-state index contributed by atoms with van der Waals surface area (Å²) in [6.45, 7) is 1.30. The molecule has 1 saturated heterocycles. The van der Waals surface area contributed by atoms with Gasteiger partial charge in [-0.05, 0) is 19.5 Å². The van der Waals surface area contributed by atoms with Crippen LogP contribution in [0, 0.1) is 5.92 Å². The van der Waals surface area contributed by atoms with E-state index in [1.165, 1.54) is 7.05 Å². The van der Waals surface area contributed by atoms with E-state index in [-0.39, 0.29) is 24.1 Å². The molecular formula is C8H17N3O3S. The lowest BCUT2D eigenvalue weighted by Gasteiger charge is -2.15. The van der Waals surface area contributed by atoms with Gasteiger partial charge in [0, 0.05) is 19.5 Å². The predicted molar refractivity (Wildman–Crippen MR) is 56.6 cm³/mol. The van der Waals surface area contributed by atoms with Crippen molar-refractivity contribution in [3.63, 3.8) is 0 Å². The molecule has 1 fully saturated rings. The quantitative estimate of drug-likeness (QED) is 0.596. The van der Waals surface area contributed by atoms with Crippen molar-refractivity contribution in [2.75, 3.05) is 32.4 Å². The number of hydrogen-bond donors (Lipinski definition) is 2. The molecule has 1 atom stereocenters. The van der Waals surface area contributed by atoms with E-state index in [2.05, 4.69) is 4.72 Å². The Balaban J connectivity index is 2.44. The van der Waals surface area contributed by atoms with Crippen molar-refractivity contribution in [1.29, 1.82) is 0 Å². The fourth-order valence-corrected chi connectivity index (χ4v) is 2.23. The fourth-order valence-electron chi connectivity index (χ4n) is 1.56. The molecule has 0 saturated carbocycles. The fraction of sp³-hybridized carbons (Fsp3) is 0.875. The van der Waals surface area contributed by atoms with E-state index in [1.54, 1.807) is 4.90 Å². The second-order valence-corrected chi connectivity index (χ2v) is 5.71. The van der Waals surface area contributed by atoms with Crippen LogP contribution in [0.15, 0.2) is 0 Å². The van der Waals surface area contributed by atoms with Gasteiger partial charge in [-0.25, -0.2) is 13.1 Å². The normalized spacial score (nSPS) is 22.4. The highest BCUT2D eigenvalue weighted by molar-refractivity contribution is 7.89. The zero-order valence-electron chi connectivity index (χ0n) is 8.77. The minimum absolute atomic E-state index is 0.00301. The van der Waals surface area contributed by atoms with Gasteiger partial charge in [-0.15, -0.1) is 0 Å². The van der Waals surface area contributed by atoms with Crippen molar-refractivity contribution in [2.24, 2.45) is 11.7 Å². The number of nitrogens with zero attached hydrogens (tertiary/aromatic N) is 1. The van der Waals surface area contributed by atoms with Crippen molar-refractivity contribution in [2.45, 2.75) is 6.42 Å². The topological polar surface area (TPSA) is 92.5 Å². The molecule has 0 aromatic rings. The molecule has 0 radical (unpaired) electrons. The lowest BCUT2D eigenvalue weighted by atomic mass is 10.1. The summed E-state index contributed by atoms with van der Waals surface area (Å²) >= 11 is 0. The molecule has 6 nitrogen and oxygen atoms in total. The molecule has 0 aromatic carbocycles. The van der Waals surface area contributed by atoms with Gasteiger partial charge >= 0.3 is 0 Å². The Hall–Kier alpha value is -0.660. The summed E-state index contributed by atoms with van der Waals surface area (Å²) in [6.07, 6.45) is 0.441. The molecule has 15 heavy (non-hydrogen) atoms. The van der Waals surface area contributed by atoms with Gasteiger partial charge in [0.05, 0.1) is 5.75 Å². The van der Waals surface area contributed by atoms with Crippen LogP contribution in [0.2, 0.25) is 0 Å². The summed E-state index contributed by atoms with van der Waals surface area (Å²) in [5.74, 6) is 0.124. The molecule has 3 N–H and O–H groups in total. The summed E-state index contributed by atoms with van der Waals surface area (Å²) in [4.78, 5) is 13.0. The van der Waals surface area contributed by atoms with Gasteiger partial charge < -0.3 is 10.6 Å². The monoisotopic (exact) mass is 235 g/mol. The molecule has 0 spiro atoms. The number of carbonyl (C=O) groups excluding carboxylic acids is 1. The van der Waals surface area contributed by atoms with E-state index >= 15 is 0 Å². The van der Waals surface area contributed by atoms with Gasteiger partial charge in [-0.1, -0.05) is 0 Å². The summed E-state index contributed by atoms with van der Waals surface area (Å²) in [6, 6.07) is 0. The molecule has 1 rings (SSSR count). The second kappa shape index (κ2) is 4.91. The van der Waals surface area contributed by atoms with Crippen molar-refractivity contribution in [3.05, 3.63) is 0 Å². The third-order valence-corrected chi connectivity index (χ3v) is 3.91. The van der Waals surface area contributed by atoms with Crippen LogP contribution in [0.1, 0.15) is 6.42 Å². The van der Waals surface area contributed by atoms with Crippen LogP contribution >= 0.6 is 0 Å². The second-order valence-electron chi connectivity index (χ2n) is 3.67. The molecule has 1 aliphatic heterocycles. The lowest BCUT2D eigenvalue weighted by molar-refractivity contribution is -0.127. The highest BCUT2D eigenvalue weighted by Crippen LogP contribution is 2.15. The minimum atomic E-state index is -3.23. The lowest BCUT2D eigenvalue weighted by Crippen LogP contribution is -2.34. The first kappa shape index (κ1) is 12.4. The van der Waals surface area contributed by atoms with Gasteiger partial charge in [-0.3, -0.25) is 4.79 Å². The zero-order valence-corrected chi connectivity index (χ0v) is 9.59. The Kier molecular flexibility index (Phi) is 4.06. The first-order valence-electron chi connectivity index (χ1n) is 4.87. The number of sulfonamides is 1. The summed E-state index contributed by atoms with van der Waals surface area (Å²) in [5, 5.41) is 0. The molecule has 0 aliphatic carbocycles. The third-order valence-electron chi connectivity index (χ3n) is 2.57. The van der Waals surface area contributed by atoms with Gasteiger partial charge in [0.25, 0.3) is 0 Å². The Morgan fingerprint density at radius 1 is 1.60 bits per heavy atom. The number of amides is 1. The van der Waals surface area contributed by atoms with Crippen LogP contribution in [-0.2, 0) is 14.8 Å². The van der Waals surface area contributed by atoms with Crippen molar-refractivity contribution < 1.29 is 13.2 Å². The van der Waals surface area contributed by atoms with Crippen molar-refractivity contribution in [3.8, 4) is 0 Å². The Labute approximate surface area is 89.9 Å². The number of hydrogen-bond acceptors (Lipinski definition) is 4. The number of nitrogens with one attached hydrogen (secondary N) is 1. The van der Waals surface area contributed by atoms with Gasteiger partial charge in [0.15, 0.2) is 0 Å². The largest absolute Gasteiger partial charge is 0.341 e. The van der Waals surface area contributed by atoms with Crippen molar-refractivity contribution >= 4 is 15.9 Å². The molecule has 7 heteroatoms. The first-order chi connectivity index (χ1) is 6.98. The van der Waals surface area contributed by atoms with Crippen LogP contribution < -0.4 is 10.5 Å². The number of nitrogens with two attached hydrogens (primary N) is 1. The standard InChI is InChI=1S/C8H17N3O3S/c1-10-15(13,14)3-2-11-6-7(5-9)4-8(11)12/h7,10H,2-6,9H2,1H3. The molecule has 1 aliphatic rings. The van der Waals surface area contributed by atoms with Crippen LogP contribution in [0.25, 0.3) is 0 Å². The number of rotatable bonds is 5. The highest BCUT2D eigenvalue weighted by Gasteiger charge is 2.28. The number of likely N-dealkylation sites (tertiary alicyclic amines) is 1. The van der Waals surface area contributed by atoms with E-state index in [1.807, 2.05) is 0 Å². The average Bonchev–Trinajstić information content (AvgIpc) is 2.57. The van der Waals surface area contributed by atoms with Crippen LogP contribution in [-0.4, -0.2) is 51.7 Å². The van der Waals surface area contributed by atoms with Gasteiger partial charge in [0.1, 0.15) is 0 Å². The van der Waals surface area contributed by atoms with E-state index < -0.39 is 10.0 Å². The van der Waals surface area contributed by atoms with Crippen LogP contribution in [0.5, 0.6) is 0 Å². The highest BCUT2D eigenvalue weighted by atomic mass is 32.2. The van der Waals surface area contributed by atoms with Crippen LogP contribution in [0.4, 0.5) is 0 Å². The Morgan fingerprint density at radius 2 is 2.27 bits per heavy atom. The molecular weight excluding hydrogens is 218 g/mol. The molecule has 1 heterocycles. The van der Waals surface area contributed by atoms with E-state index in [9.17, 15) is 13.2 Å². The number of carbonyl (C=O) groups is 1. The maximum absolute atomic E-state index is 11.4. The van der Waals surface area contributed by atoms with Gasteiger partial charge in [0.2, 0.25) is 15.9 Å². The zero-order chi connectivity index (χ0) is 11.5. The smallest absolute Gasteiger partial charge is 0.223 e. The molecule has 88 valence electrons.